The Morgan fingerprint density at radius 3 is 2.06 bits per heavy atom. The molecule has 0 saturated heterocycles. The smallest absolute Gasteiger partial charge is 0.326 e. The molecule has 0 heterocycles. The predicted molar refractivity (Wildman–Crippen MR) is 63.1 cm³/mol. The molecule has 0 spiro atoms. The summed E-state index contributed by atoms with van der Waals surface area (Å²) >= 11 is 0. The van der Waals surface area contributed by atoms with Gasteiger partial charge in [-0.15, -0.1) is 0 Å². The third-order valence-electron chi connectivity index (χ3n) is 2.29. The lowest BCUT2D eigenvalue weighted by Gasteiger charge is -2.16. The first-order valence-corrected chi connectivity index (χ1v) is 5.85. The van der Waals surface area contributed by atoms with Crippen molar-refractivity contribution in [2.45, 2.75) is 53.0 Å². The van der Waals surface area contributed by atoms with E-state index < -0.39 is 12.0 Å². The molecule has 4 heteroatoms. The molecule has 0 radical (unpaired) electrons. The second-order valence-electron chi connectivity index (χ2n) is 5.02. The summed E-state index contributed by atoms with van der Waals surface area (Å²) in [5, 5.41) is 11.5. The van der Waals surface area contributed by atoms with Crippen molar-refractivity contribution in [3.8, 4) is 0 Å². The minimum Gasteiger partial charge on any atom is -0.480 e. The number of hydrogen-bond acceptors (Lipinski definition) is 2. The molecule has 16 heavy (non-hydrogen) atoms. The topological polar surface area (TPSA) is 66.4 Å². The van der Waals surface area contributed by atoms with Crippen molar-refractivity contribution in [2.24, 2.45) is 11.8 Å². The van der Waals surface area contributed by atoms with Gasteiger partial charge in [0.25, 0.3) is 0 Å². The van der Waals surface area contributed by atoms with Crippen molar-refractivity contribution in [3.05, 3.63) is 0 Å². The van der Waals surface area contributed by atoms with Crippen LogP contribution in [0.15, 0.2) is 0 Å². The van der Waals surface area contributed by atoms with Gasteiger partial charge in [0, 0.05) is 6.42 Å². The second kappa shape index (κ2) is 7.25. The standard InChI is InChI=1S/C12H23NO3/c1-8(2)5-6-11(14)13-10(12(15)16)7-9(3)4/h8-10H,5-7H2,1-4H3,(H,13,14)(H,15,16)/t10-/m1/s1. The first kappa shape index (κ1) is 14.9. The number of hydrogen-bond donors (Lipinski definition) is 2. The van der Waals surface area contributed by atoms with Crippen molar-refractivity contribution >= 4 is 11.9 Å². The molecular formula is C12H23NO3. The molecule has 0 unspecified atom stereocenters. The van der Waals surface area contributed by atoms with E-state index in [2.05, 4.69) is 5.32 Å². The van der Waals surface area contributed by atoms with Crippen molar-refractivity contribution in [1.82, 2.24) is 5.32 Å². The third kappa shape index (κ3) is 7.26. The Labute approximate surface area is 97.4 Å². The van der Waals surface area contributed by atoms with Gasteiger partial charge in [0.15, 0.2) is 0 Å². The lowest BCUT2D eigenvalue weighted by molar-refractivity contribution is -0.142. The summed E-state index contributed by atoms with van der Waals surface area (Å²) in [7, 11) is 0. The fourth-order valence-corrected chi connectivity index (χ4v) is 1.38. The van der Waals surface area contributed by atoms with Gasteiger partial charge in [-0.3, -0.25) is 4.79 Å². The van der Waals surface area contributed by atoms with Crippen LogP contribution in [-0.2, 0) is 9.59 Å². The van der Waals surface area contributed by atoms with Crippen LogP contribution in [0.2, 0.25) is 0 Å². The van der Waals surface area contributed by atoms with Crippen LogP contribution >= 0.6 is 0 Å². The van der Waals surface area contributed by atoms with E-state index in [9.17, 15) is 9.59 Å². The van der Waals surface area contributed by atoms with Gasteiger partial charge >= 0.3 is 5.97 Å². The molecule has 0 aliphatic carbocycles. The van der Waals surface area contributed by atoms with Crippen LogP contribution < -0.4 is 5.32 Å². The number of carbonyl (C=O) groups is 2. The number of nitrogens with one attached hydrogen (secondary N) is 1. The molecule has 0 fully saturated rings. The fourth-order valence-electron chi connectivity index (χ4n) is 1.38. The molecule has 94 valence electrons. The number of rotatable bonds is 7. The van der Waals surface area contributed by atoms with Gasteiger partial charge in [-0.1, -0.05) is 27.7 Å². The summed E-state index contributed by atoms with van der Waals surface area (Å²) in [5.74, 6) is -0.404. The molecule has 1 amide bonds. The Hall–Kier alpha value is -1.06. The van der Waals surface area contributed by atoms with E-state index in [0.29, 0.717) is 18.8 Å². The van der Waals surface area contributed by atoms with Crippen LogP contribution in [0.3, 0.4) is 0 Å². The molecule has 0 bridgehead atoms. The van der Waals surface area contributed by atoms with E-state index in [1.165, 1.54) is 0 Å². The second-order valence-corrected chi connectivity index (χ2v) is 5.02. The molecule has 0 aliphatic heterocycles. The largest absolute Gasteiger partial charge is 0.480 e. The Morgan fingerprint density at radius 1 is 1.12 bits per heavy atom. The van der Waals surface area contributed by atoms with Gasteiger partial charge in [0.2, 0.25) is 5.91 Å². The zero-order chi connectivity index (χ0) is 12.7. The van der Waals surface area contributed by atoms with Crippen LogP contribution in [0.5, 0.6) is 0 Å². The van der Waals surface area contributed by atoms with Crippen LogP contribution in [0.1, 0.15) is 47.0 Å². The Balaban J connectivity index is 4.08. The quantitative estimate of drug-likeness (QED) is 0.702. The van der Waals surface area contributed by atoms with Crippen molar-refractivity contribution < 1.29 is 14.7 Å². The van der Waals surface area contributed by atoms with E-state index >= 15 is 0 Å². The molecule has 0 rings (SSSR count). The minimum absolute atomic E-state index is 0.165. The van der Waals surface area contributed by atoms with Crippen LogP contribution in [0, 0.1) is 11.8 Å². The first-order valence-electron chi connectivity index (χ1n) is 5.85. The van der Waals surface area contributed by atoms with Gasteiger partial charge < -0.3 is 10.4 Å². The lowest BCUT2D eigenvalue weighted by atomic mass is 10.0. The summed E-state index contributed by atoms with van der Waals surface area (Å²) in [6.07, 6.45) is 1.67. The number of aliphatic carboxylic acids is 1. The van der Waals surface area contributed by atoms with E-state index in [4.69, 9.17) is 5.11 Å². The minimum atomic E-state index is -0.952. The Morgan fingerprint density at radius 2 is 1.69 bits per heavy atom. The average Bonchev–Trinajstić information content (AvgIpc) is 2.12. The average molecular weight is 229 g/mol. The number of carbonyl (C=O) groups excluding carboxylic acids is 1. The number of carboxylic acids is 1. The monoisotopic (exact) mass is 229 g/mol. The van der Waals surface area contributed by atoms with Crippen molar-refractivity contribution in [3.63, 3.8) is 0 Å². The van der Waals surface area contributed by atoms with Crippen LogP contribution in [0.4, 0.5) is 0 Å². The summed E-state index contributed by atoms with van der Waals surface area (Å²) in [5.41, 5.74) is 0. The highest BCUT2D eigenvalue weighted by atomic mass is 16.4. The summed E-state index contributed by atoms with van der Waals surface area (Å²) < 4.78 is 0. The molecule has 1 atom stereocenters. The van der Waals surface area contributed by atoms with E-state index in [1.807, 2.05) is 27.7 Å². The SMILES string of the molecule is CC(C)CCC(=O)N[C@H](CC(C)C)C(=O)O. The van der Waals surface area contributed by atoms with Gasteiger partial charge in [0.1, 0.15) is 6.04 Å². The Bertz CT molecular complexity index is 236. The van der Waals surface area contributed by atoms with Gasteiger partial charge in [-0.25, -0.2) is 4.79 Å². The van der Waals surface area contributed by atoms with Crippen molar-refractivity contribution in [2.75, 3.05) is 0 Å². The highest BCUT2D eigenvalue weighted by Gasteiger charge is 2.20. The molecular weight excluding hydrogens is 206 g/mol. The maximum Gasteiger partial charge on any atom is 0.326 e. The number of carboxylic acid groups (broad SMARTS) is 1. The molecule has 2 N–H and O–H groups in total. The van der Waals surface area contributed by atoms with Crippen LogP contribution in [0.25, 0.3) is 0 Å². The highest BCUT2D eigenvalue weighted by Crippen LogP contribution is 2.07. The summed E-state index contributed by atoms with van der Waals surface area (Å²) in [4.78, 5) is 22.4. The fraction of sp³-hybridized carbons (Fsp3) is 0.833. The maximum absolute atomic E-state index is 11.5. The number of amides is 1. The normalized spacial score (nSPS) is 12.9. The molecule has 0 aromatic rings. The molecule has 4 nitrogen and oxygen atoms in total. The summed E-state index contributed by atoms with van der Waals surface area (Å²) in [6.45, 7) is 7.96. The lowest BCUT2D eigenvalue weighted by Crippen LogP contribution is -2.41. The zero-order valence-corrected chi connectivity index (χ0v) is 10.6. The maximum atomic E-state index is 11.5. The Kier molecular flexibility index (Phi) is 6.77. The summed E-state index contributed by atoms with van der Waals surface area (Å²) in [6, 6.07) is -0.750. The van der Waals surface area contributed by atoms with Gasteiger partial charge in [-0.05, 0) is 24.7 Å². The van der Waals surface area contributed by atoms with E-state index in [0.717, 1.165) is 6.42 Å². The predicted octanol–water partition coefficient (Wildman–Crippen LogP) is 2.04. The zero-order valence-electron chi connectivity index (χ0n) is 10.6. The van der Waals surface area contributed by atoms with E-state index in [1.54, 1.807) is 0 Å². The van der Waals surface area contributed by atoms with Crippen molar-refractivity contribution in [1.29, 1.82) is 0 Å². The van der Waals surface area contributed by atoms with Gasteiger partial charge in [-0.2, -0.15) is 0 Å². The molecule has 0 aromatic heterocycles. The molecule has 0 aromatic carbocycles. The van der Waals surface area contributed by atoms with Crippen LogP contribution in [-0.4, -0.2) is 23.0 Å². The highest BCUT2D eigenvalue weighted by molar-refractivity contribution is 5.83. The third-order valence-corrected chi connectivity index (χ3v) is 2.29. The molecule has 0 saturated carbocycles. The van der Waals surface area contributed by atoms with E-state index in [-0.39, 0.29) is 11.8 Å². The molecule has 0 aliphatic rings. The first-order chi connectivity index (χ1) is 7.32. The van der Waals surface area contributed by atoms with Gasteiger partial charge in [0.05, 0.1) is 0 Å².